The van der Waals surface area contributed by atoms with E-state index in [1.165, 1.54) is 17.0 Å². The van der Waals surface area contributed by atoms with Gasteiger partial charge in [0, 0.05) is 5.56 Å². The number of halogens is 1. The van der Waals surface area contributed by atoms with E-state index in [4.69, 9.17) is 11.5 Å². The molecular weight excluding hydrogens is 299 g/mol. The quantitative estimate of drug-likeness (QED) is 0.860. The third-order valence-corrected chi connectivity index (χ3v) is 4.31. The smallest absolute Gasteiger partial charge is 0.248 e. The number of nitrogens with two attached hydrogens (primary N) is 2. The maximum Gasteiger partial charge on any atom is 0.248 e. The molecule has 0 aromatic heterocycles. The van der Waals surface area contributed by atoms with Crippen LogP contribution in [0.1, 0.15) is 49.0 Å². The van der Waals surface area contributed by atoms with E-state index in [1.54, 1.807) is 0 Å². The Labute approximate surface area is 134 Å². The van der Waals surface area contributed by atoms with Gasteiger partial charge in [-0.05, 0) is 36.6 Å². The number of aliphatic imine (C=N–C) groups is 1. The van der Waals surface area contributed by atoms with Gasteiger partial charge in [0.1, 0.15) is 5.82 Å². The summed E-state index contributed by atoms with van der Waals surface area (Å²) >= 11 is 0. The van der Waals surface area contributed by atoms with Crippen molar-refractivity contribution in [1.82, 2.24) is 4.90 Å². The molecule has 0 aliphatic carbocycles. The number of rotatable bonds is 5. The molecule has 124 valence electrons. The van der Waals surface area contributed by atoms with Gasteiger partial charge in [0.05, 0.1) is 18.5 Å². The molecule has 1 heterocycles. The Balaban J connectivity index is 2.30. The zero-order valence-corrected chi connectivity index (χ0v) is 13.3. The Morgan fingerprint density at radius 2 is 2.00 bits per heavy atom. The molecule has 0 saturated carbocycles. The molecule has 0 atom stereocenters. The highest BCUT2D eigenvalue weighted by Crippen LogP contribution is 2.30. The Morgan fingerprint density at radius 3 is 2.52 bits per heavy atom. The summed E-state index contributed by atoms with van der Waals surface area (Å²) in [5, 5.41) is 0. The molecule has 0 bridgehead atoms. The monoisotopic (exact) mass is 320 g/mol. The van der Waals surface area contributed by atoms with Crippen LogP contribution in [-0.4, -0.2) is 28.2 Å². The van der Waals surface area contributed by atoms with Crippen LogP contribution in [0, 0.1) is 5.82 Å². The summed E-state index contributed by atoms with van der Waals surface area (Å²) in [6, 6.07) is 3.75. The van der Waals surface area contributed by atoms with Gasteiger partial charge in [-0.15, -0.1) is 0 Å². The molecule has 0 spiro atoms. The van der Waals surface area contributed by atoms with Crippen LogP contribution in [0.4, 0.5) is 4.39 Å². The zero-order chi connectivity index (χ0) is 17.2. The van der Waals surface area contributed by atoms with E-state index in [1.807, 2.05) is 13.8 Å². The van der Waals surface area contributed by atoms with E-state index in [0.29, 0.717) is 5.56 Å². The van der Waals surface area contributed by atoms with Gasteiger partial charge in [-0.25, -0.2) is 9.38 Å². The van der Waals surface area contributed by atoms with Crippen LogP contribution in [0.3, 0.4) is 0 Å². The van der Waals surface area contributed by atoms with Gasteiger partial charge >= 0.3 is 0 Å². The standard InChI is InChI=1S/C16H21FN4O2/c1-3-16(4-2)8-13(22)21(15(19)20-16)9-10-5-11(14(18)23)7-12(17)6-10/h5-7H,3-4,8-9H2,1-2H3,(H2,18,23)(H2,19,20). The summed E-state index contributed by atoms with van der Waals surface area (Å²) in [5.41, 5.74) is 11.2. The molecule has 1 aromatic rings. The highest BCUT2D eigenvalue weighted by molar-refractivity contribution is 5.99. The fourth-order valence-corrected chi connectivity index (χ4v) is 2.74. The largest absolute Gasteiger partial charge is 0.369 e. The molecule has 6 nitrogen and oxygen atoms in total. The number of carbonyl (C=O) groups excluding carboxylic acids is 2. The molecule has 7 heteroatoms. The number of carbonyl (C=O) groups is 2. The maximum absolute atomic E-state index is 13.6. The van der Waals surface area contributed by atoms with Crippen molar-refractivity contribution in [3.05, 3.63) is 35.1 Å². The highest BCUT2D eigenvalue weighted by atomic mass is 19.1. The number of amides is 2. The van der Waals surface area contributed by atoms with Crippen molar-refractivity contribution in [2.24, 2.45) is 16.5 Å². The zero-order valence-electron chi connectivity index (χ0n) is 13.3. The van der Waals surface area contributed by atoms with E-state index in [0.717, 1.165) is 18.9 Å². The van der Waals surface area contributed by atoms with Crippen molar-refractivity contribution in [2.75, 3.05) is 0 Å². The van der Waals surface area contributed by atoms with Crippen LogP contribution in [0.25, 0.3) is 0 Å². The lowest BCUT2D eigenvalue weighted by molar-refractivity contribution is -0.130. The van der Waals surface area contributed by atoms with Crippen molar-refractivity contribution in [3.8, 4) is 0 Å². The Morgan fingerprint density at radius 1 is 1.35 bits per heavy atom. The second-order valence-electron chi connectivity index (χ2n) is 5.77. The summed E-state index contributed by atoms with van der Waals surface area (Å²) in [7, 11) is 0. The fraction of sp³-hybridized carbons (Fsp3) is 0.438. The van der Waals surface area contributed by atoms with E-state index in [2.05, 4.69) is 4.99 Å². The normalized spacial score (nSPS) is 17.1. The molecule has 1 aliphatic heterocycles. The Hall–Kier alpha value is -2.44. The lowest BCUT2D eigenvalue weighted by Crippen LogP contribution is -2.50. The Bertz CT molecular complexity index is 668. The first-order chi connectivity index (χ1) is 10.8. The predicted molar refractivity (Wildman–Crippen MR) is 85.0 cm³/mol. The summed E-state index contributed by atoms with van der Waals surface area (Å²) in [6.07, 6.45) is 1.70. The van der Waals surface area contributed by atoms with Gasteiger partial charge in [0.15, 0.2) is 5.96 Å². The second kappa shape index (κ2) is 6.36. The minimum atomic E-state index is -0.728. The molecule has 2 rings (SSSR count). The van der Waals surface area contributed by atoms with Crippen molar-refractivity contribution in [3.63, 3.8) is 0 Å². The van der Waals surface area contributed by atoms with Gasteiger partial charge in [0.25, 0.3) is 0 Å². The third-order valence-electron chi connectivity index (χ3n) is 4.31. The van der Waals surface area contributed by atoms with Crippen LogP contribution in [0.2, 0.25) is 0 Å². The summed E-state index contributed by atoms with van der Waals surface area (Å²) in [5.74, 6) is -1.36. The van der Waals surface area contributed by atoms with Crippen LogP contribution in [0.5, 0.6) is 0 Å². The molecule has 0 unspecified atom stereocenters. The molecule has 0 radical (unpaired) electrons. The minimum Gasteiger partial charge on any atom is -0.369 e. The van der Waals surface area contributed by atoms with Gasteiger partial charge in [-0.3, -0.25) is 14.5 Å². The van der Waals surface area contributed by atoms with E-state index < -0.39 is 17.3 Å². The van der Waals surface area contributed by atoms with Crippen molar-refractivity contribution in [2.45, 2.75) is 45.2 Å². The molecule has 0 saturated heterocycles. The van der Waals surface area contributed by atoms with Gasteiger partial charge in [0.2, 0.25) is 11.8 Å². The van der Waals surface area contributed by atoms with Crippen LogP contribution in [-0.2, 0) is 11.3 Å². The molecule has 1 aliphatic rings. The predicted octanol–water partition coefficient (Wildman–Crippen LogP) is 1.53. The lowest BCUT2D eigenvalue weighted by Gasteiger charge is -2.36. The minimum absolute atomic E-state index is 0.0513. The Kier molecular flexibility index (Phi) is 4.68. The van der Waals surface area contributed by atoms with Gasteiger partial charge in [-0.1, -0.05) is 13.8 Å². The first-order valence-corrected chi connectivity index (χ1v) is 7.55. The van der Waals surface area contributed by atoms with Gasteiger partial charge < -0.3 is 11.5 Å². The number of hydrogen-bond acceptors (Lipinski definition) is 4. The number of hydrogen-bond donors (Lipinski definition) is 2. The average Bonchev–Trinajstić information content (AvgIpc) is 2.50. The molecule has 0 fully saturated rings. The topological polar surface area (TPSA) is 102 Å². The first-order valence-electron chi connectivity index (χ1n) is 7.55. The van der Waals surface area contributed by atoms with Crippen LogP contribution in [0.15, 0.2) is 23.2 Å². The maximum atomic E-state index is 13.6. The second-order valence-corrected chi connectivity index (χ2v) is 5.77. The fourth-order valence-electron chi connectivity index (χ4n) is 2.74. The molecule has 4 N–H and O–H groups in total. The number of guanidine groups is 1. The number of primary amides is 1. The summed E-state index contributed by atoms with van der Waals surface area (Å²) < 4.78 is 13.6. The average molecular weight is 320 g/mol. The van der Waals surface area contributed by atoms with E-state index in [-0.39, 0.29) is 30.4 Å². The lowest BCUT2D eigenvalue weighted by atomic mass is 9.88. The molecular formula is C16H21FN4O2. The van der Waals surface area contributed by atoms with Crippen LogP contribution >= 0.6 is 0 Å². The first kappa shape index (κ1) is 16.9. The highest BCUT2D eigenvalue weighted by Gasteiger charge is 2.37. The van der Waals surface area contributed by atoms with Crippen molar-refractivity contribution >= 4 is 17.8 Å². The number of nitrogens with zero attached hydrogens (tertiary/aromatic N) is 2. The summed E-state index contributed by atoms with van der Waals surface area (Å²) in [6.45, 7) is 3.99. The van der Waals surface area contributed by atoms with Crippen LogP contribution < -0.4 is 11.5 Å². The molecule has 23 heavy (non-hydrogen) atoms. The summed E-state index contributed by atoms with van der Waals surface area (Å²) in [4.78, 5) is 29.4. The van der Waals surface area contributed by atoms with E-state index in [9.17, 15) is 14.0 Å². The molecule has 2 amide bonds. The van der Waals surface area contributed by atoms with Crippen molar-refractivity contribution < 1.29 is 14.0 Å². The van der Waals surface area contributed by atoms with Gasteiger partial charge in [-0.2, -0.15) is 0 Å². The van der Waals surface area contributed by atoms with E-state index >= 15 is 0 Å². The van der Waals surface area contributed by atoms with Crippen molar-refractivity contribution in [1.29, 1.82) is 0 Å². The third kappa shape index (κ3) is 3.49. The molecule has 1 aromatic carbocycles. The number of benzene rings is 1. The SMILES string of the molecule is CCC1(CC)CC(=O)N(Cc2cc(F)cc(C(N)=O)c2)C(N)=N1.